The molecule has 5 rings (SSSR count). The summed E-state index contributed by atoms with van der Waals surface area (Å²) in [5.74, 6) is 2.36. The van der Waals surface area contributed by atoms with Crippen LogP contribution in [-0.2, 0) is 21.1 Å². The van der Waals surface area contributed by atoms with E-state index in [2.05, 4.69) is 121 Å². The molecule has 0 unspecified atom stereocenters. The summed E-state index contributed by atoms with van der Waals surface area (Å²) in [6.45, 7) is 18.8. The van der Waals surface area contributed by atoms with Crippen molar-refractivity contribution >= 4 is 17.1 Å². The smallest absolute Gasteiger partial charge is 0.372 e. The van der Waals surface area contributed by atoms with E-state index >= 15 is 0 Å². The number of nitrogens with zero attached hydrogens (tertiary/aromatic N) is 6. The average Bonchev–Trinajstić information content (AvgIpc) is 3.16. The van der Waals surface area contributed by atoms with Crippen molar-refractivity contribution in [1.82, 2.24) is 15.0 Å². The van der Waals surface area contributed by atoms with Crippen LogP contribution < -0.4 is 33.3 Å². The van der Waals surface area contributed by atoms with Crippen molar-refractivity contribution < 1.29 is 49.9 Å². The summed E-state index contributed by atoms with van der Waals surface area (Å²) in [7, 11) is -4.94. The molecule has 0 N–H and O–H groups in total. The molecule has 0 saturated carbocycles. The third kappa shape index (κ3) is 14.2. The van der Waals surface area contributed by atoms with E-state index in [4.69, 9.17) is 30.0 Å². The van der Waals surface area contributed by atoms with Crippen molar-refractivity contribution in [2.24, 2.45) is 0 Å². The Kier molecular flexibility index (Phi) is 19.2. The van der Waals surface area contributed by atoms with Gasteiger partial charge in [-0.05, 0) is 89.1 Å². The van der Waals surface area contributed by atoms with E-state index in [1.54, 1.807) is 0 Å². The SMILES string of the molecule is CCN(CC)c1ccnc(-c2cc(N(CC)CC)cc(-c3cc(N(CC)CC)ccn3)n2)c1.[C-]#Cc1ccc(-c2ccccc2)cc1.[O-][Cl+3]([O-])([O-])[O-].[Pt+2]. The van der Waals surface area contributed by atoms with E-state index in [0.29, 0.717) is 0 Å². The maximum atomic E-state index is 8.49. The first-order valence-electron chi connectivity index (χ1n) is 17.4. The zero-order valence-corrected chi connectivity index (χ0v) is 34.1. The van der Waals surface area contributed by atoms with Gasteiger partial charge in [0.2, 0.25) is 0 Å². The van der Waals surface area contributed by atoms with Crippen LogP contribution in [0, 0.1) is 22.6 Å². The summed E-state index contributed by atoms with van der Waals surface area (Å²) in [6, 6.07) is 30.7. The molecule has 0 aliphatic heterocycles. The molecule has 0 saturated heterocycles. The van der Waals surface area contributed by atoms with Gasteiger partial charge in [0, 0.05) is 68.7 Å². The fourth-order valence-corrected chi connectivity index (χ4v) is 5.62. The molecule has 3 aromatic heterocycles. The van der Waals surface area contributed by atoms with Crippen LogP contribution in [0.1, 0.15) is 47.1 Å². The Morgan fingerprint density at radius 1 is 0.528 bits per heavy atom. The summed E-state index contributed by atoms with van der Waals surface area (Å²) < 4.78 is 34.0. The number of hydrogen-bond acceptors (Lipinski definition) is 10. The summed E-state index contributed by atoms with van der Waals surface area (Å²) in [4.78, 5) is 21.4. The van der Waals surface area contributed by atoms with Gasteiger partial charge in [0.25, 0.3) is 0 Å². The van der Waals surface area contributed by atoms with Gasteiger partial charge in [0.1, 0.15) is 0 Å². The van der Waals surface area contributed by atoms with Crippen LogP contribution in [0.5, 0.6) is 0 Å². The second kappa shape index (κ2) is 22.7. The van der Waals surface area contributed by atoms with Gasteiger partial charge < -0.3 is 21.1 Å². The Morgan fingerprint density at radius 2 is 0.887 bits per heavy atom. The Balaban J connectivity index is 0.000000399. The molecule has 0 bridgehead atoms. The molecule has 10 nitrogen and oxygen atoms in total. The Hall–Kier alpha value is -4.33. The molecular weight excluding hydrogens is 871 g/mol. The van der Waals surface area contributed by atoms with Gasteiger partial charge in [-0.15, -0.1) is 27.9 Å². The second-order valence-electron chi connectivity index (χ2n) is 11.4. The van der Waals surface area contributed by atoms with Crippen LogP contribution in [0.3, 0.4) is 0 Å². The van der Waals surface area contributed by atoms with E-state index in [1.165, 1.54) is 22.5 Å². The topological polar surface area (TPSA) is 141 Å². The molecule has 2 aromatic carbocycles. The predicted octanol–water partition coefficient (Wildman–Crippen LogP) is 4.28. The van der Waals surface area contributed by atoms with E-state index in [1.807, 2.05) is 54.9 Å². The van der Waals surface area contributed by atoms with Crippen molar-refractivity contribution in [3.8, 4) is 39.8 Å². The molecule has 0 spiro atoms. The fourth-order valence-electron chi connectivity index (χ4n) is 5.62. The maximum Gasteiger partial charge on any atom is 2.00 e. The minimum Gasteiger partial charge on any atom is -0.372 e. The van der Waals surface area contributed by atoms with Crippen molar-refractivity contribution in [2.75, 3.05) is 54.0 Å². The van der Waals surface area contributed by atoms with Crippen LogP contribution >= 0.6 is 0 Å². The number of hydrogen-bond donors (Lipinski definition) is 0. The van der Waals surface area contributed by atoms with Crippen LogP contribution in [0.15, 0.2) is 103 Å². The molecule has 0 radical (unpaired) electrons. The molecule has 0 atom stereocenters. The second-order valence-corrected chi connectivity index (χ2v) is 12.1. The van der Waals surface area contributed by atoms with Gasteiger partial charge in [0.15, 0.2) is 0 Å². The minimum atomic E-state index is -4.94. The normalized spacial score (nSPS) is 10.4. The minimum absolute atomic E-state index is 0. The summed E-state index contributed by atoms with van der Waals surface area (Å²) in [5, 5.41) is 0. The van der Waals surface area contributed by atoms with Gasteiger partial charge >= 0.3 is 21.1 Å². The van der Waals surface area contributed by atoms with Gasteiger partial charge in [-0.2, -0.15) is 0 Å². The van der Waals surface area contributed by atoms with Crippen molar-refractivity contribution in [1.29, 1.82) is 0 Å². The van der Waals surface area contributed by atoms with E-state index in [9.17, 15) is 0 Å². The zero-order chi connectivity index (χ0) is 38.1. The van der Waals surface area contributed by atoms with Crippen LogP contribution in [0.4, 0.5) is 17.1 Å². The van der Waals surface area contributed by atoms with Gasteiger partial charge in [0.05, 0.1) is 22.8 Å². The first-order chi connectivity index (χ1) is 25.0. The first-order valence-corrected chi connectivity index (χ1v) is 18.6. The first kappa shape index (κ1) is 44.8. The molecule has 0 fully saturated rings. The average molecular weight is 918 g/mol. The van der Waals surface area contributed by atoms with E-state index in [0.717, 1.165) is 73.3 Å². The Morgan fingerprint density at radius 3 is 1.26 bits per heavy atom. The molecule has 282 valence electrons. The zero-order valence-electron chi connectivity index (χ0n) is 31.1. The summed E-state index contributed by atoms with van der Waals surface area (Å²) in [5.41, 5.74) is 10.2. The van der Waals surface area contributed by atoms with E-state index in [-0.39, 0.29) is 21.1 Å². The quantitative estimate of drug-likeness (QED) is 0.132. The van der Waals surface area contributed by atoms with Crippen LogP contribution in [-0.4, -0.2) is 54.2 Å². The van der Waals surface area contributed by atoms with Crippen molar-refractivity contribution in [2.45, 2.75) is 41.5 Å². The number of rotatable bonds is 12. The summed E-state index contributed by atoms with van der Waals surface area (Å²) in [6.07, 6.45) is 10.7. The number of benzene rings is 2. The number of anilines is 3. The fraction of sp³-hybridized carbons (Fsp3) is 0.293. The molecule has 0 aliphatic carbocycles. The van der Waals surface area contributed by atoms with Gasteiger partial charge in [-0.25, -0.2) is 23.6 Å². The Bertz CT molecular complexity index is 1760. The molecule has 5 aromatic rings. The molecule has 12 heteroatoms. The third-order valence-corrected chi connectivity index (χ3v) is 8.34. The molecule has 0 aliphatic rings. The molecule has 0 amide bonds. The van der Waals surface area contributed by atoms with Crippen LogP contribution in [0.2, 0.25) is 0 Å². The van der Waals surface area contributed by atoms with Crippen molar-refractivity contribution in [3.05, 3.63) is 115 Å². The number of halogens is 1. The van der Waals surface area contributed by atoms with Gasteiger partial charge in [-0.1, -0.05) is 42.5 Å². The molecular formula is C41H47ClN6O4Pt. The monoisotopic (exact) mass is 917 g/mol. The molecule has 3 heterocycles. The van der Waals surface area contributed by atoms with Crippen LogP contribution in [0.25, 0.3) is 33.9 Å². The summed E-state index contributed by atoms with van der Waals surface area (Å²) >= 11 is 0. The number of aromatic nitrogens is 3. The predicted molar refractivity (Wildman–Crippen MR) is 199 cm³/mol. The van der Waals surface area contributed by atoms with E-state index < -0.39 is 10.2 Å². The standard InChI is InChI=1S/C27H38N6.C14H9.ClHO4.Pt/c1-7-31(8-2)21-13-15-28-24(17-21)26-19-23(33(11-5)12-6)20-27(30-26)25-18-22(14-16-29-25)32(9-3)10-4;1-2-12-8-10-14(11-9-12)13-6-4-3-5-7-13;2-1(3,4)5;/h13-20H,7-12H2,1-6H3;3-11H;(H,2,3,4,5);/q;-1;;+2/p-1. The maximum absolute atomic E-state index is 8.49. The largest absolute Gasteiger partial charge is 2.00 e. The molecule has 53 heavy (non-hydrogen) atoms. The van der Waals surface area contributed by atoms with Gasteiger partial charge in [-0.3, -0.25) is 15.9 Å². The third-order valence-electron chi connectivity index (χ3n) is 8.34. The van der Waals surface area contributed by atoms with Crippen molar-refractivity contribution in [3.63, 3.8) is 0 Å². The Labute approximate surface area is 331 Å². The number of pyridine rings is 3.